The second-order valence-electron chi connectivity index (χ2n) is 4.43. The SMILES string of the molecule is COc1ccc(S(N)(=O)=O)cc1NCc1ccc(O)cc1. The van der Waals surface area contributed by atoms with Crippen molar-refractivity contribution >= 4 is 15.7 Å². The summed E-state index contributed by atoms with van der Waals surface area (Å²) in [4.78, 5) is 0.0107. The molecule has 0 atom stereocenters. The molecule has 0 saturated heterocycles. The highest BCUT2D eigenvalue weighted by atomic mass is 32.2. The number of phenols is 1. The number of methoxy groups -OCH3 is 1. The van der Waals surface area contributed by atoms with Crippen LogP contribution in [0, 0.1) is 0 Å². The molecule has 0 heterocycles. The van der Waals surface area contributed by atoms with E-state index in [9.17, 15) is 13.5 Å². The molecule has 0 radical (unpaired) electrons. The van der Waals surface area contributed by atoms with E-state index in [0.29, 0.717) is 18.0 Å². The minimum atomic E-state index is -3.77. The highest BCUT2D eigenvalue weighted by molar-refractivity contribution is 7.89. The van der Waals surface area contributed by atoms with E-state index in [4.69, 9.17) is 9.88 Å². The van der Waals surface area contributed by atoms with Gasteiger partial charge in [-0.3, -0.25) is 0 Å². The molecule has 0 unspecified atom stereocenters. The van der Waals surface area contributed by atoms with Crippen LogP contribution in [0.2, 0.25) is 0 Å². The molecular weight excluding hydrogens is 292 g/mol. The second kappa shape index (κ2) is 6.02. The first kappa shape index (κ1) is 15.1. The number of benzene rings is 2. The van der Waals surface area contributed by atoms with Crippen LogP contribution in [0.3, 0.4) is 0 Å². The molecule has 0 saturated carbocycles. The zero-order valence-electron chi connectivity index (χ0n) is 11.4. The Morgan fingerprint density at radius 1 is 1.19 bits per heavy atom. The van der Waals surface area contributed by atoms with Crippen LogP contribution in [0.25, 0.3) is 0 Å². The third kappa shape index (κ3) is 3.87. The number of primary sulfonamides is 1. The molecule has 0 aliphatic carbocycles. The molecular formula is C14H16N2O4S. The topological polar surface area (TPSA) is 102 Å². The number of sulfonamides is 1. The standard InChI is InChI=1S/C14H16N2O4S/c1-20-14-7-6-12(21(15,18)19)8-13(14)16-9-10-2-4-11(17)5-3-10/h2-8,16-17H,9H2,1H3,(H2,15,18,19). The largest absolute Gasteiger partial charge is 0.508 e. The molecule has 7 heteroatoms. The van der Waals surface area contributed by atoms with E-state index in [1.54, 1.807) is 30.3 Å². The first-order valence-electron chi connectivity index (χ1n) is 6.13. The summed E-state index contributed by atoms with van der Waals surface area (Å²) in [5.74, 6) is 0.703. The molecule has 2 aromatic rings. The molecule has 0 fully saturated rings. The predicted octanol–water partition coefficient (Wildman–Crippen LogP) is 1.66. The normalized spacial score (nSPS) is 11.1. The third-order valence-electron chi connectivity index (χ3n) is 2.92. The number of rotatable bonds is 5. The van der Waals surface area contributed by atoms with Crippen LogP contribution in [0.1, 0.15) is 5.56 Å². The Labute approximate surface area is 123 Å². The van der Waals surface area contributed by atoms with E-state index in [0.717, 1.165) is 5.56 Å². The number of anilines is 1. The minimum absolute atomic E-state index is 0.0107. The molecule has 2 rings (SSSR count). The lowest BCUT2D eigenvalue weighted by atomic mass is 10.2. The van der Waals surface area contributed by atoms with Gasteiger partial charge in [-0.1, -0.05) is 12.1 Å². The summed E-state index contributed by atoms with van der Waals surface area (Å²) in [7, 11) is -2.27. The fourth-order valence-electron chi connectivity index (χ4n) is 1.81. The summed E-state index contributed by atoms with van der Waals surface area (Å²) in [6.45, 7) is 0.449. The lowest BCUT2D eigenvalue weighted by Crippen LogP contribution is -2.12. The van der Waals surface area contributed by atoms with Crippen LogP contribution in [-0.2, 0) is 16.6 Å². The Morgan fingerprint density at radius 3 is 2.43 bits per heavy atom. The summed E-state index contributed by atoms with van der Waals surface area (Å²) >= 11 is 0. The fraction of sp³-hybridized carbons (Fsp3) is 0.143. The maximum atomic E-state index is 11.4. The molecule has 112 valence electrons. The Kier molecular flexibility index (Phi) is 4.35. The average molecular weight is 308 g/mol. The van der Waals surface area contributed by atoms with Gasteiger partial charge in [-0.05, 0) is 35.9 Å². The van der Waals surface area contributed by atoms with Gasteiger partial charge in [0.1, 0.15) is 11.5 Å². The van der Waals surface area contributed by atoms with Crippen molar-refractivity contribution in [3.63, 3.8) is 0 Å². The molecule has 4 N–H and O–H groups in total. The summed E-state index contributed by atoms with van der Waals surface area (Å²) in [5, 5.41) is 17.4. The van der Waals surface area contributed by atoms with Crippen LogP contribution in [0.5, 0.6) is 11.5 Å². The smallest absolute Gasteiger partial charge is 0.238 e. The van der Waals surface area contributed by atoms with Crippen molar-refractivity contribution in [2.45, 2.75) is 11.4 Å². The van der Waals surface area contributed by atoms with Crippen molar-refractivity contribution in [2.75, 3.05) is 12.4 Å². The molecule has 0 aliphatic heterocycles. The number of nitrogens with one attached hydrogen (secondary N) is 1. The summed E-state index contributed by atoms with van der Waals surface area (Å²) < 4.78 is 27.9. The van der Waals surface area contributed by atoms with Crippen LogP contribution in [-0.4, -0.2) is 20.6 Å². The predicted molar refractivity (Wildman–Crippen MR) is 79.8 cm³/mol. The van der Waals surface area contributed by atoms with Crippen molar-refractivity contribution in [1.29, 1.82) is 0 Å². The zero-order chi connectivity index (χ0) is 15.5. The molecule has 21 heavy (non-hydrogen) atoms. The van der Waals surface area contributed by atoms with Gasteiger partial charge in [0, 0.05) is 6.54 Å². The quantitative estimate of drug-likeness (QED) is 0.779. The van der Waals surface area contributed by atoms with Crippen molar-refractivity contribution in [3.8, 4) is 11.5 Å². The number of aromatic hydroxyl groups is 1. The van der Waals surface area contributed by atoms with Gasteiger partial charge in [0.15, 0.2) is 0 Å². The third-order valence-corrected chi connectivity index (χ3v) is 3.83. The lowest BCUT2D eigenvalue weighted by Gasteiger charge is -2.12. The lowest BCUT2D eigenvalue weighted by molar-refractivity contribution is 0.416. The Morgan fingerprint density at radius 2 is 1.86 bits per heavy atom. The zero-order valence-corrected chi connectivity index (χ0v) is 12.2. The van der Waals surface area contributed by atoms with E-state index in [1.165, 1.54) is 19.2 Å². The van der Waals surface area contributed by atoms with E-state index in [1.807, 2.05) is 0 Å². The number of ether oxygens (including phenoxy) is 1. The summed E-state index contributed by atoms with van der Waals surface area (Å²) in [5.41, 5.74) is 1.45. The highest BCUT2D eigenvalue weighted by Crippen LogP contribution is 2.27. The molecule has 0 aromatic heterocycles. The van der Waals surface area contributed by atoms with E-state index in [-0.39, 0.29) is 10.6 Å². The molecule has 0 amide bonds. The van der Waals surface area contributed by atoms with E-state index in [2.05, 4.69) is 5.32 Å². The molecule has 2 aromatic carbocycles. The highest BCUT2D eigenvalue weighted by Gasteiger charge is 2.11. The fourth-order valence-corrected chi connectivity index (χ4v) is 2.35. The van der Waals surface area contributed by atoms with Gasteiger partial charge >= 0.3 is 0 Å². The van der Waals surface area contributed by atoms with Gasteiger partial charge in [0.2, 0.25) is 10.0 Å². The van der Waals surface area contributed by atoms with Gasteiger partial charge in [-0.25, -0.2) is 13.6 Å². The second-order valence-corrected chi connectivity index (χ2v) is 5.99. The van der Waals surface area contributed by atoms with Crippen molar-refractivity contribution in [3.05, 3.63) is 48.0 Å². The molecule has 6 nitrogen and oxygen atoms in total. The Balaban J connectivity index is 2.23. The maximum Gasteiger partial charge on any atom is 0.238 e. The summed E-state index contributed by atoms with van der Waals surface area (Å²) in [6.07, 6.45) is 0. The van der Waals surface area contributed by atoms with Crippen molar-refractivity contribution < 1.29 is 18.3 Å². The van der Waals surface area contributed by atoms with Crippen molar-refractivity contribution in [1.82, 2.24) is 0 Å². The number of hydrogen-bond donors (Lipinski definition) is 3. The van der Waals surface area contributed by atoms with Gasteiger partial charge in [-0.15, -0.1) is 0 Å². The van der Waals surface area contributed by atoms with Gasteiger partial charge < -0.3 is 15.2 Å². The monoisotopic (exact) mass is 308 g/mol. The number of phenolic OH excluding ortho intramolecular Hbond substituents is 1. The van der Waals surface area contributed by atoms with Crippen molar-refractivity contribution in [2.24, 2.45) is 5.14 Å². The molecule has 0 bridgehead atoms. The maximum absolute atomic E-state index is 11.4. The Hall–Kier alpha value is -2.25. The first-order valence-corrected chi connectivity index (χ1v) is 7.67. The minimum Gasteiger partial charge on any atom is -0.508 e. The summed E-state index contributed by atoms with van der Waals surface area (Å²) in [6, 6.07) is 11.0. The van der Waals surface area contributed by atoms with Gasteiger partial charge in [0.05, 0.1) is 17.7 Å². The number of hydrogen-bond acceptors (Lipinski definition) is 5. The van der Waals surface area contributed by atoms with Gasteiger partial charge in [0.25, 0.3) is 0 Å². The van der Waals surface area contributed by atoms with Crippen LogP contribution in [0.4, 0.5) is 5.69 Å². The van der Waals surface area contributed by atoms with Crippen LogP contribution < -0.4 is 15.2 Å². The molecule has 0 aliphatic rings. The first-order chi connectivity index (χ1) is 9.90. The van der Waals surface area contributed by atoms with Crippen LogP contribution in [0.15, 0.2) is 47.4 Å². The average Bonchev–Trinajstić information content (AvgIpc) is 2.45. The van der Waals surface area contributed by atoms with E-state index >= 15 is 0 Å². The number of nitrogens with two attached hydrogens (primary N) is 1. The Bertz CT molecular complexity index is 727. The van der Waals surface area contributed by atoms with Gasteiger partial charge in [-0.2, -0.15) is 0 Å². The van der Waals surface area contributed by atoms with E-state index < -0.39 is 10.0 Å². The van der Waals surface area contributed by atoms with Crippen LogP contribution >= 0.6 is 0 Å². The molecule has 0 spiro atoms.